The predicted molar refractivity (Wildman–Crippen MR) is 202 cm³/mol. The van der Waals surface area contributed by atoms with E-state index >= 15 is 0 Å². The van der Waals surface area contributed by atoms with Crippen LogP contribution >= 0.6 is 39.5 Å². The molecule has 50 heavy (non-hydrogen) atoms. The normalized spacial score (nSPS) is 9.86. The Balaban J connectivity index is 0.000000394. The molecule has 272 valence electrons. The fraction of sp³-hybridized carbons (Fsp3) is 0.333. The zero-order chi connectivity index (χ0) is 36.5. The van der Waals surface area contributed by atoms with Crippen LogP contribution in [0.25, 0.3) is 0 Å². The molecule has 0 radical (unpaired) electrons. The number of aromatic nitrogens is 4. The molecule has 0 unspecified atom stereocenters. The minimum Gasteiger partial charge on any atom is -0.496 e. The van der Waals surface area contributed by atoms with Crippen LogP contribution in [0, 0.1) is 0 Å². The maximum Gasteiger partial charge on any atom is 0.282 e. The van der Waals surface area contributed by atoms with Crippen molar-refractivity contribution in [2.24, 2.45) is 0 Å². The lowest BCUT2D eigenvalue weighted by Gasteiger charge is -2.14. The molecule has 0 bridgehead atoms. The summed E-state index contributed by atoms with van der Waals surface area (Å²) in [5.41, 5.74) is 12.4. The highest BCUT2D eigenvalue weighted by atomic mass is 79.9. The molecule has 17 heteroatoms. The molecule has 0 aliphatic heterocycles. The summed E-state index contributed by atoms with van der Waals surface area (Å²) in [7, 11) is 9.13. The number of ether oxygens (including phenoxy) is 4. The van der Waals surface area contributed by atoms with Gasteiger partial charge in [0.2, 0.25) is 5.78 Å². The molecule has 4 aromatic rings. The summed E-state index contributed by atoms with van der Waals surface area (Å²) in [6.45, 7) is 3.98. The zero-order valence-electron chi connectivity index (χ0n) is 28.5. The van der Waals surface area contributed by atoms with Gasteiger partial charge < -0.3 is 30.4 Å². The van der Waals surface area contributed by atoms with E-state index in [4.69, 9.17) is 35.3 Å². The monoisotopic (exact) mass is 793 g/mol. The van der Waals surface area contributed by atoms with Gasteiger partial charge in [0, 0.05) is 19.4 Å². The Morgan fingerprint density at radius 2 is 1.14 bits per heavy atom. The molecular formula is C33H44BrN7O7S2. The Morgan fingerprint density at radius 1 is 0.740 bits per heavy atom. The number of carbonyl (C=O) groups excluding carboxylic acids is 2. The molecule has 14 nitrogen and oxygen atoms in total. The van der Waals surface area contributed by atoms with E-state index in [1.54, 1.807) is 32.4 Å². The van der Waals surface area contributed by atoms with Crippen LogP contribution in [0.15, 0.2) is 63.6 Å². The first kappa shape index (κ1) is 43.7. The summed E-state index contributed by atoms with van der Waals surface area (Å²) in [6, 6.07) is 10.7. The number of hydrogen-bond donors (Lipinski definition) is 2. The highest BCUT2D eigenvalue weighted by molar-refractivity contribution is 9.10. The standard InChI is InChI=1S/C15H17N3O3S.C9H14N4O2S.C8H9BrO2.CH4/c1-4-22-15-17-8-9(14(16)18-15)13(19)12-10(20-2)6-5-7-11(12)21-3;1-4-16-9-11-5-6(7(10)12-9)8(14)13(2)15-3;1-10-6-4-3-5-7(11-2)8(6)9;/h5-8H,4H2,1-3H3,(H2,16,17,18);5H,4H2,1-3H3,(H2,10,11,12);3-5H,1-2H3;1H4. The summed E-state index contributed by atoms with van der Waals surface area (Å²) in [4.78, 5) is 45.6. The smallest absolute Gasteiger partial charge is 0.282 e. The lowest BCUT2D eigenvalue weighted by molar-refractivity contribution is -0.0756. The summed E-state index contributed by atoms with van der Waals surface area (Å²) >= 11 is 6.28. The first-order valence-electron chi connectivity index (χ1n) is 14.5. The molecule has 0 fully saturated rings. The maximum absolute atomic E-state index is 12.8. The number of carbonyl (C=O) groups is 2. The van der Waals surface area contributed by atoms with E-state index in [0.29, 0.717) is 27.4 Å². The number of rotatable bonds is 12. The van der Waals surface area contributed by atoms with Crippen molar-refractivity contribution >= 4 is 62.8 Å². The molecule has 0 saturated carbocycles. The highest BCUT2D eigenvalue weighted by Crippen LogP contribution is 2.34. The third-order valence-corrected chi connectivity index (χ3v) is 8.47. The van der Waals surface area contributed by atoms with Gasteiger partial charge >= 0.3 is 0 Å². The Labute approximate surface area is 310 Å². The number of anilines is 2. The van der Waals surface area contributed by atoms with Crippen molar-refractivity contribution < 1.29 is 33.4 Å². The number of nitrogens with zero attached hydrogens (tertiary/aromatic N) is 5. The topological polar surface area (TPSA) is 187 Å². The number of methoxy groups -OCH3 is 4. The molecule has 0 aliphatic carbocycles. The summed E-state index contributed by atoms with van der Waals surface area (Å²) in [5, 5.41) is 2.18. The first-order chi connectivity index (χ1) is 23.5. The number of hydrogen-bond acceptors (Lipinski definition) is 15. The lowest BCUT2D eigenvalue weighted by Crippen LogP contribution is -2.26. The third kappa shape index (κ3) is 11.9. The Kier molecular flexibility index (Phi) is 19.6. The lowest BCUT2D eigenvalue weighted by atomic mass is 10.0. The van der Waals surface area contributed by atoms with Crippen molar-refractivity contribution in [2.75, 3.05) is 65.6 Å². The van der Waals surface area contributed by atoms with Crippen LogP contribution < -0.4 is 30.4 Å². The second-order valence-corrected chi connectivity index (χ2v) is 12.4. The van der Waals surface area contributed by atoms with Gasteiger partial charge in [0.05, 0.1) is 41.1 Å². The van der Waals surface area contributed by atoms with Gasteiger partial charge in [0.1, 0.15) is 50.2 Å². The van der Waals surface area contributed by atoms with E-state index in [1.807, 2.05) is 32.0 Å². The van der Waals surface area contributed by atoms with Crippen molar-refractivity contribution in [3.63, 3.8) is 0 Å². The van der Waals surface area contributed by atoms with Gasteiger partial charge in [-0.3, -0.25) is 14.4 Å². The Hall–Kier alpha value is -4.32. The fourth-order valence-corrected chi connectivity index (χ4v) is 5.45. The average Bonchev–Trinajstić information content (AvgIpc) is 3.11. The molecular weight excluding hydrogens is 750 g/mol. The molecule has 4 rings (SSSR count). The molecule has 2 heterocycles. The van der Waals surface area contributed by atoms with Crippen LogP contribution in [0.4, 0.5) is 11.6 Å². The quantitative estimate of drug-likeness (QED) is 0.0701. The van der Waals surface area contributed by atoms with Crippen molar-refractivity contribution in [2.45, 2.75) is 31.6 Å². The molecule has 0 saturated heterocycles. The van der Waals surface area contributed by atoms with E-state index in [1.165, 1.54) is 64.3 Å². The predicted octanol–water partition coefficient (Wildman–Crippen LogP) is 6.33. The second kappa shape index (κ2) is 22.4. The average molecular weight is 795 g/mol. The van der Waals surface area contributed by atoms with E-state index in [-0.39, 0.29) is 41.9 Å². The van der Waals surface area contributed by atoms with Gasteiger partial charge in [-0.25, -0.2) is 25.0 Å². The Bertz CT molecular complexity index is 1660. The summed E-state index contributed by atoms with van der Waals surface area (Å²) < 4.78 is 21.5. The number of halogens is 1. The van der Waals surface area contributed by atoms with Crippen molar-refractivity contribution in [1.82, 2.24) is 25.0 Å². The number of nitrogen functional groups attached to an aromatic ring is 2. The largest absolute Gasteiger partial charge is 0.496 e. The van der Waals surface area contributed by atoms with E-state index in [0.717, 1.165) is 32.5 Å². The molecule has 2 aromatic carbocycles. The van der Waals surface area contributed by atoms with Gasteiger partial charge in [-0.1, -0.05) is 56.9 Å². The molecule has 1 amide bonds. The Morgan fingerprint density at radius 3 is 1.50 bits per heavy atom. The number of ketones is 1. The van der Waals surface area contributed by atoms with Crippen LogP contribution in [0.1, 0.15) is 47.6 Å². The molecule has 0 spiro atoms. The molecule has 4 N–H and O–H groups in total. The van der Waals surface area contributed by atoms with Crippen LogP contribution in [0.3, 0.4) is 0 Å². The highest BCUT2D eigenvalue weighted by Gasteiger charge is 2.23. The zero-order valence-corrected chi connectivity index (χ0v) is 31.7. The number of thioether (sulfide) groups is 2. The van der Waals surface area contributed by atoms with Gasteiger partial charge in [0.25, 0.3) is 5.91 Å². The number of hydroxylamine groups is 2. The van der Waals surface area contributed by atoms with Gasteiger partial charge in [0.15, 0.2) is 10.3 Å². The van der Waals surface area contributed by atoms with Crippen molar-refractivity contribution in [1.29, 1.82) is 0 Å². The third-order valence-electron chi connectivity index (χ3n) is 6.20. The van der Waals surface area contributed by atoms with Crippen molar-refractivity contribution in [3.05, 3.63) is 70.0 Å². The number of nitrogens with two attached hydrogens (primary N) is 2. The maximum atomic E-state index is 12.8. The SMILES string of the molecule is C.CCSc1ncc(C(=O)N(C)OC)c(N)n1.CCSc1ncc(C(=O)c2c(OC)cccc2OC)c(N)n1.COc1cccc(OC)c1Br. The van der Waals surface area contributed by atoms with E-state index in [9.17, 15) is 9.59 Å². The first-order valence-corrected chi connectivity index (χ1v) is 17.2. The van der Waals surface area contributed by atoms with Gasteiger partial charge in [-0.05, 0) is 51.7 Å². The van der Waals surface area contributed by atoms with Crippen LogP contribution in [0.5, 0.6) is 23.0 Å². The minimum atomic E-state index is -0.368. The van der Waals surface area contributed by atoms with E-state index in [2.05, 4.69) is 35.9 Å². The molecule has 0 aliphatic rings. The van der Waals surface area contributed by atoms with E-state index < -0.39 is 0 Å². The second-order valence-electron chi connectivity index (χ2n) is 9.10. The summed E-state index contributed by atoms with van der Waals surface area (Å²) in [5.74, 6) is 3.68. The number of amides is 1. The van der Waals surface area contributed by atoms with Crippen LogP contribution in [-0.4, -0.2) is 90.8 Å². The fourth-order valence-electron chi connectivity index (χ4n) is 3.76. The van der Waals surface area contributed by atoms with Crippen molar-refractivity contribution in [3.8, 4) is 23.0 Å². The molecule has 2 aromatic heterocycles. The van der Waals surface area contributed by atoms with Gasteiger partial charge in [-0.15, -0.1) is 0 Å². The minimum absolute atomic E-state index is 0. The van der Waals surface area contributed by atoms with Crippen LogP contribution in [-0.2, 0) is 4.84 Å². The van der Waals surface area contributed by atoms with Gasteiger partial charge in [-0.2, -0.15) is 0 Å². The molecule has 0 atom stereocenters. The van der Waals surface area contributed by atoms with Crippen LogP contribution in [0.2, 0.25) is 0 Å². The number of benzene rings is 2. The summed E-state index contributed by atoms with van der Waals surface area (Å²) in [6.07, 6.45) is 2.85.